The van der Waals surface area contributed by atoms with Gasteiger partial charge in [0, 0.05) is 57.2 Å². The predicted molar refractivity (Wildman–Crippen MR) is 94.7 cm³/mol. The highest BCUT2D eigenvalue weighted by Crippen LogP contribution is 2.30. The van der Waals surface area contributed by atoms with Gasteiger partial charge in [-0.1, -0.05) is 11.6 Å². The van der Waals surface area contributed by atoms with Crippen LogP contribution in [0.5, 0.6) is 5.75 Å². The summed E-state index contributed by atoms with van der Waals surface area (Å²) in [4.78, 5) is 27.5. The molecule has 1 saturated heterocycles. The Balaban J connectivity index is 1.84. The maximum Gasteiger partial charge on any atom is 0.225 e. The maximum absolute atomic E-state index is 12.2. The van der Waals surface area contributed by atoms with Crippen molar-refractivity contribution in [3.8, 4) is 5.75 Å². The fourth-order valence-corrected chi connectivity index (χ4v) is 2.84. The van der Waals surface area contributed by atoms with Gasteiger partial charge in [-0.2, -0.15) is 0 Å². The highest BCUT2D eigenvalue weighted by Gasteiger charge is 2.19. The van der Waals surface area contributed by atoms with E-state index < -0.39 is 0 Å². The van der Waals surface area contributed by atoms with Crippen LogP contribution in [0.3, 0.4) is 0 Å². The van der Waals surface area contributed by atoms with Crippen molar-refractivity contribution >= 4 is 29.1 Å². The van der Waals surface area contributed by atoms with Crippen LogP contribution in [0.4, 0.5) is 5.69 Å². The number of rotatable bonds is 5. The minimum Gasteiger partial charge on any atom is -0.495 e. The van der Waals surface area contributed by atoms with E-state index in [1.807, 2.05) is 17.9 Å². The summed E-state index contributed by atoms with van der Waals surface area (Å²) in [5.41, 5.74) is 1.51. The molecule has 1 N–H and O–H groups in total. The van der Waals surface area contributed by atoms with Gasteiger partial charge < -0.3 is 15.0 Å². The molecule has 0 aromatic heterocycles. The third-order valence-corrected chi connectivity index (χ3v) is 4.63. The van der Waals surface area contributed by atoms with Crippen LogP contribution in [-0.2, 0) is 9.59 Å². The standard InChI is InChI=1S/C17H24ClN3O3/c1-12-10-15(16(24-3)11-14(12)18)19-17(23)4-5-20-6-8-21(9-7-20)13(2)22/h10-11H,4-9H2,1-3H3,(H,19,23). The highest BCUT2D eigenvalue weighted by atomic mass is 35.5. The van der Waals surface area contributed by atoms with Crippen LogP contribution in [0.15, 0.2) is 12.1 Å². The van der Waals surface area contributed by atoms with E-state index >= 15 is 0 Å². The van der Waals surface area contributed by atoms with Crippen LogP contribution in [0, 0.1) is 6.92 Å². The van der Waals surface area contributed by atoms with E-state index in [1.165, 1.54) is 0 Å². The Morgan fingerprint density at radius 3 is 2.50 bits per heavy atom. The fraction of sp³-hybridized carbons (Fsp3) is 0.529. The number of aryl methyl sites for hydroxylation is 1. The Morgan fingerprint density at radius 2 is 1.92 bits per heavy atom. The number of piperazine rings is 1. The van der Waals surface area contributed by atoms with E-state index in [9.17, 15) is 9.59 Å². The molecule has 0 unspecified atom stereocenters. The summed E-state index contributed by atoms with van der Waals surface area (Å²) in [6.45, 7) is 7.19. The van der Waals surface area contributed by atoms with Crippen molar-refractivity contribution in [3.63, 3.8) is 0 Å². The van der Waals surface area contributed by atoms with E-state index in [2.05, 4.69) is 10.2 Å². The van der Waals surface area contributed by atoms with Crippen LogP contribution >= 0.6 is 11.6 Å². The number of nitrogens with one attached hydrogen (secondary N) is 1. The topological polar surface area (TPSA) is 61.9 Å². The van der Waals surface area contributed by atoms with Crippen LogP contribution in [0.2, 0.25) is 5.02 Å². The lowest BCUT2D eigenvalue weighted by atomic mass is 10.2. The first-order valence-corrected chi connectivity index (χ1v) is 8.40. The number of halogens is 1. The molecule has 7 heteroatoms. The number of amides is 2. The number of hydrogen-bond acceptors (Lipinski definition) is 4. The maximum atomic E-state index is 12.2. The molecular weight excluding hydrogens is 330 g/mol. The summed E-state index contributed by atoms with van der Waals surface area (Å²) < 4.78 is 5.26. The minimum atomic E-state index is -0.0657. The lowest BCUT2D eigenvalue weighted by molar-refractivity contribution is -0.130. The number of carbonyl (C=O) groups is 2. The molecule has 1 aromatic carbocycles. The van der Waals surface area contributed by atoms with Crippen molar-refractivity contribution in [3.05, 3.63) is 22.7 Å². The smallest absolute Gasteiger partial charge is 0.225 e. The molecule has 1 fully saturated rings. The van der Waals surface area contributed by atoms with Crippen LogP contribution in [0.1, 0.15) is 18.9 Å². The fourth-order valence-electron chi connectivity index (χ4n) is 2.69. The average Bonchev–Trinajstić information content (AvgIpc) is 2.56. The first-order chi connectivity index (χ1) is 11.4. The molecule has 24 heavy (non-hydrogen) atoms. The van der Waals surface area contributed by atoms with Gasteiger partial charge >= 0.3 is 0 Å². The van der Waals surface area contributed by atoms with Gasteiger partial charge in [-0.15, -0.1) is 0 Å². The van der Waals surface area contributed by atoms with Crippen LogP contribution in [-0.4, -0.2) is 61.4 Å². The summed E-state index contributed by atoms with van der Waals surface area (Å²) in [5, 5.41) is 3.49. The van der Waals surface area contributed by atoms with E-state index in [0.29, 0.717) is 29.4 Å². The summed E-state index contributed by atoms with van der Waals surface area (Å²) >= 11 is 6.07. The van der Waals surface area contributed by atoms with Crippen LogP contribution in [0.25, 0.3) is 0 Å². The number of anilines is 1. The van der Waals surface area contributed by atoms with E-state index in [4.69, 9.17) is 16.3 Å². The van der Waals surface area contributed by atoms with Gasteiger partial charge in [0.2, 0.25) is 11.8 Å². The third-order valence-electron chi connectivity index (χ3n) is 4.23. The second kappa shape index (κ2) is 8.35. The Hall–Kier alpha value is -1.79. The van der Waals surface area contributed by atoms with Crippen molar-refractivity contribution in [1.29, 1.82) is 0 Å². The average molecular weight is 354 g/mol. The zero-order chi connectivity index (χ0) is 17.7. The lowest BCUT2D eigenvalue weighted by Gasteiger charge is -2.34. The molecule has 132 valence electrons. The van der Waals surface area contributed by atoms with Gasteiger partial charge in [-0.25, -0.2) is 0 Å². The molecule has 0 bridgehead atoms. The second-order valence-electron chi connectivity index (χ2n) is 5.95. The van der Waals surface area contributed by atoms with Crippen molar-refractivity contribution in [2.24, 2.45) is 0 Å². The first-order valence-electron chi connectivity index (χ1n) is 8.02. The number of hydrogen-bond donors (Lipinski definition) is 1. The molecule has 2 amide bonds. The molecule has 0 atom stereocenters. The Kier molecular flexibility index (Phi) is 6.45. The normalized spacial score (nSPS) is 15.2. The van der Waals surface area contributed by atoms with Gasteiger partial charge in [0.15, 0.2) is 0 Å². The second-order valence-corrected chi connectivity index (χ2v) is 6.35. The Bertz CT molecular complexity index is 613. The van der Waals surface area contributed by atoms with E-state index in [1.54, 1.807) is 20.1 Å². The van der Waals surface area contributed by atoms with Crippen molar-refractivity contribution in [2.45, 2.75) is 20.3 Å². The summed E-state index contributed by atoms with van der Waals surface area (Å²) in [5.74, 6) is 0.593. The Morgan fingerprint density at radius 1 is 1.25 bits per heavy atom. The monoisotopic (exact) mass is 353 g/mol. The molecule has 0 spiro atoms. The number of benzene rings is 1. The molecule has 1 aliphatic heterocycles. The summed E-state index contributed by atoms with van der Waals surface area (Å²) in [6, 6.07) is 3.51. The summed E-state index contributed by atoms with van der Waals surface area (Å²) in [7, 11) is 1.55. The zero-order valence-corrected chi connectivity index (χ0v) is 15.2. The van der Waals surface area contributed by atoms with Crippen molar-refractivity contribution in [2.75, 3.05) is 45.2 Å². The molecule has 0 radical (unpaired) electrons. The zero-order valence-electron chi connectivity index (χ0n) is 14.4. The number of ether oxygens (including phenoxy) is 1. The van der Waals surface area contributed by atoms with Crippen LogP contribution < -0.4 is 10.1 Å². The Labute approximate surface area is 147 Å². The highest BCUT2D eigenvalue weighted by molar-refractivity contribution is 6.31. The summed E-state index contributed by atoms with van der Waals surface area (Å²) in [6.07, 6.45) is 0.394. The van der Waals surface area contributed by atoms with Gasteiger partial charge in [0.05, 0.1) is 12.8 Å². The quantitative estimate of drug-likeness (QED) is 0.881. The molecule has 2 rings (SSSR count). The lowest BCUT2D eigenvalue weighted by Crippen LogP contribution is -2.48. The SMILES string of the molecule is COc1cc(Cl)c(C)cc1NC(=O)CCN1CCN(C(C)=O)CC1. The largest absolute Gasteiger partial charge is 0.495 e. The molecule has 1 aliphatic rings. The third kappa shape index (κ3) is 4.85. The van der Waals surface area contributed by atoms with Crippen molar-refractivity contribution < 1.29 is 14.3 Å². The van der Waals surface area contributed by atoms with Gasteiger partial charge in [-0.3, -0.25) is 14.5 Å². The number of carbonyl (C=O) groups excluding carboxylic acids is 2. The molecule has 0 aliphatic carbocycles. The van der Waals surface area contributed by atoms with Crippen molar-refractivity contribution in [1.82, 2.24) is 9.80 Å². The molecular formula is C17H24ClN3O3. The molecule has 1 aromatic rings. The molecule has 0 saturated carbocycles. The van der Waals surface area contributed by atoms with E-state index in [-0.39, 0.29) is 11.8 Å². The van der Waals surface area contributed by atoms with Gasteiger partial charge in [-0.05, 0) is 18.6 Å². The molecule has 6 nitrogen and oxygen atoms in total. The first kappa shape index (κ1) is 18.5. The van der Waals surface area contributed by atoms with E-state index in [0.717, 1.165) is 31.7 Å². The van der Waals surface area contributed by atoms with Gasteiger partial charge in [0.1, 0.15) is 5.75 Å². The molecule has 1 heterocycles. The van der Waals surface area contributed by atoms with Gasteiger partial charge in [0.25, 0.3) is 0 Å². The number of nitrogens with zero attached hydrogens (tertiary/aromatic N) is 2. The minimum absolute atomic E-state index is 0.0657. The number of methoxy groups -OCH3 is 1. The predicted octanol–water partition coefficient (Wildman–Crippen LogP) is 2.15.